The fourth-order valence-electron chi connectivity index (χ4n) is 7.43. The summed E-state index contributed by atoms with van der Waals surface area (Å²) >= 11 is -2.01. The molecule has 0 aromatic heterocycles. The molecule has 0 spiro atoms. The summed E-state index contributed by atoms with van der Waals surface area (Å²) in [4.78, 5) is 0. The van der Waals surface area contributed by atoms with Gasteiger partial charge in [0.25, 0.3) is 0 Å². The Bertz CT molecular complexity index is 528. The largest absolute Gasteiger partial charge is 0.147 e. The topological polar surface area (TPSA) is 15.7 Å². The maximum absolute atomic E-state index is 7.22. The van der Waals surface area contributed by atoms with Gasteiger partial charge in [0.05, 0.1) is 0 Å². The van der Waals surface area contributed by atoms with Crippen LogP contribution >= 0.6 is 12.4 Å². The number of hydrogen-bond donors (Lipinski definition) is 0. The minimum Gasteiger partial charge on any atom is -0.147 e. The Morgan fingerprint density at radius 1 is 0.275 bits per heavy atom. The van der Waals surface area contributed by atoms with Crippen LogP contribution in [0, 0.1) is 0 Å². The van der Waals surface area contributed by atoms with Crippen LogP contribution in [0.3, 0.4) is 0 Å². The minimum atomic E-state index is -2.01. The van der Waals surface area contributed by atoms with Gasteiger partial charge >= 0.3 is 327 Å². The van der Waals surface area contributed by atoms with Crippen molar-refractivity contribution in [3.8, 4) is 0 Å². The molecule has 3 nitrogen and oxygen atoms in total. The fraction of sp³-hybridized carbons (Fsp3) is 1.00. The van der Waals surface area contributed by atoms with Gasteiger partial charge in [-0.15, -0.1) is 12.4 Å². The van der Waals surface area contributed by atoms with E-state index in [-0.39, 0.29) is 12.4 Å². The first kappa shape index (κ1) is 54.0. The molecule has 0 saturated carbocycles. The van der Waals surface area contributed by atoms with E-state index >= 15 is 0 Å². The molecule has 309 valence electrons. The van der Waals surface area contributed by atoms with Gasteiger partial charge in [-0.1, -0.05) is 0 Å². The monoisotopic (exact) mass is 778 g/mol. The van der Waals surface area contributed by atoms with E-state index in [2.05, 4.69) is 41.4 Å². The summed E-state index contributed by atoms with van der Waals surface area (Å²) < 4.78 is 13.2. The van der Waals surface area contributed by atoms with E-state index in [0.717, 1.165) is 6.61 Å². The summed E-state index contributed by atoms with van der Waals surface area (Å²) in [5.41, 5.74) is 0. The van der Waals surface area contributed by atoms with Crippen LogP contribution in [0.2, 0.25) is 0 Å². The summed E-state index contributed by atoms with van der Waals surface area (Å²) in [6.07, 6.45) is 50.6. The van der Waals surface area contributed by atoms with Crippen molar-refractivity contribution in [3.63, 3.8) is 0 Å². The number of hydrogen-bond acceptors (Lipinski definition) is 3. The molecule has 51 heavy (non-hydrogen) atoms. The standard InChI is InChI=1S/2C20H42N.C6H13O.ClH.Ti/c2*1-3-5-7-9-11-13-15-17-19-21-20-18-16-14-12-10-8-6-4-2;1-2-3-4-5-6-7;;/h2*3-20H2,1-2H3;2-6H2,1H3;1H;/q3*-1;;+3. The normalized spacial score (nSPS) is 11.6. The number of halogens is 1. The molecule has 0 fully saturated rings. The molecule has 0 unspecified atom stereocenters. The van der Waals surface area contributed by atoms with Crippen LogP contribution in [0.25, 0.3) is 0 Å². The molecule has 0 aliphatic carbocycles. The number of unbranched alkanes of at least 4 members (excludes halogenated alkanes) is 31. The third-order valence-corrected chi connectivity index (χ3v) is 14.7. The molecule has 0 heterocycles. The Morgan fingerprint density at radius 3 is 0.706 bits per heavy atom. The second-order valence-corrected chi connectivity index (χ2v) is 19.4. The van der Waals surface area contributed by atoms with Crippen molar-refractivity contribution in [3.05, 3.63) is 0 Å². The summed E-state index contributed by atoms with van der Waals surface area (Å²) in [7, 11) is 0. The Morgan fingerprint density at radius 2 is 0.471 bits per heavy atom. The second kappa shape index (κ2) is 47.0. The zero-order valence-corrected chi connectivity index (χ0v) is 38.6. The maximum Gasteiger partial charge on any atom is -0.147 e. The molecule has 0 aromatic carbocycles. The molecule has 0 aromatic rings. The van der Waals surface area contributed by atoms with Crippen molar-refractivity contribution in [1.82, 2.24) is 6.76 Å². The Balaban J connectivity index is 0. The molecule has 0 bridgehead atoms. The van der Waals surface area contributed by atoms with Crippen LogP contribution in [-0.4, -0.2) is 39.5 Å². The van der Waals surface area contributed by atoms with Gasteiger partial charge in [-0.05, 0) is 0 Å². The van der Waals surface area contributed by atoms with Gasteiger partial charge in [0.1, 0.15) is 0 Å². The van der Waals surface area contributed by atoms with Crippen LogP contribution in [-0.2, 0) is 22.1 Å². The fourth-order valence-corrected chi connectivity index (χ4v) is 11.3. The van der Waals surface area contributed by atoms with E-state index in [1.165, 1.54) is 257 Å². The predicted molar refractivity (Wildman–Crippen MR) is 231 cm³/mol. The molecule has 0 atom stereocenters. The van der Waals surface area contributed by atoms with Crippen LogP contribution in [0.15, 0.2) is 0 Å². The third kappa shape index (κ3) is 38.9. The van der Waals surface area contributed by atoms with Gasteiger partial charge in [-0.3, -0.25) is 0 Å². The molecule has 0 rings (SSSR count). The zero-order chi connectivity index (χ0) is 36.4. The third-order valence-electron chi connectivity index (χ3n) is 10.9. The molecule has 0 aliphatic heterocycles. The summed E-state index contributed by atoms with van der Waals surface area (Å²) in [5.74, 6) is 0. The Labute approximate surface area is 338 Å². The van der Waals surface area contributed by atoms with E-state index in [1.54, 1.807) is 0 Å². The summed E-state index contributed by atoms with van der Waals surface area (Å²) in [5, 5.41) is 0. The van der Waals surface area contributed by atoms with Gasteiger partial charge in [-0.2, -0.15) is 0 Å². The van der Waals surface area contributed by atoms with E-state index < -0.39 is 18.8 Å². The SMILES string of the molecule is CCCCCCCCCC[N](CCCCCCCCCC)[Ti]([O]CCCCCC)[N](CCCCCCCCCC)CCCCCCCCCC.Cl. The summed E-state index contributed by atoms with van der Waals surface area (Å²) in [6.45, 7) is 17.9. The van der Waals surface area contributed by atoms with E-state index in [9.17, 15) is 0 Å². The van der Waals surface area contributed by atoms with Crippen molar-refractivity contribution in [2.75, 3.05) is 32.8 Å². The molecular weight excluding hydrogens is 680 g/mol. The van der Waals surface area contributed by atoms with E-state index in [1.807, 2.05) is 0 Å². The minimum absolute atomic E-state index is 0. The number of rotatable bonds is 44. The molecule has 0 saturated heterocycles. The zero-order valence-electron chi connectivity index (χ0n) is 36.2. The van der Waals surface area contributed by atoms with Crippen LogP contribution < -0.4 is 0 Å². The van der Waals surface area contributed by atoms with E-state index in [0.29, 0.717) is 0 Å². The molecule has 5 heteroatoms. The van der Waals surface area contributed by atoms with Gasteiger partial charge in [0.2, 0.25) is 0 Å². The average Bonchev–Trinajstić information content (AvgIpc) is 3.13. The summed E-state index contributed by atoms with van der Waals surface area (Å²) in [6, 6.07) is 0. The molecular formula is C46H98ClN2OTi. The first-order valence-electron chi connectivity index (χ1n) is 23.7. The second-order valence-electron chi connectivity index (χ2n) is 16.1. The quantitative estimate of drug-likeness (QED) is 0.0453. The van der Waals surface area contributed by atoms with Gasteiger partial charge < -0.3 is 0 Å². The van der Waals surface area contributed by atoms with Crippen molar-refractivity contribution in [2.45, 2.75) is 266 Å². The maximum atomic E-state index is 7.22. The van der Waals surface area contributed by atoms with Crippen LogP contribution in [0.4, 0.5) is 0 Å². The van der Waals surface area contributed by atoms with Crippen LogP contribution in [0.1, 0.15) is 266 Å². The smallest absolute Gasteiger partial charge is 0.147 e. The molecule has 0 radical (unpaired) electrons. The first-order valence-corrected chi connectivity index (χ1v) is 25.8. The van der Waals surface area contributed by atoms with Crippen LogP contribution in [0.5, 0.6) is 0 Å². The Kier molecular flexibility index (Phi) is 49.8. The van der Waals surface area contributed by atoms with Gasteiger partial charge in [-0.25, -0.2) is 0 Å². The molecule has 0 N–H and O–H groups in total. The van der Waals surface area contributed by atoms with Crippen molar-refractivity contribution >= 4 is 12.4 Å². The number of nitrogens with zero attached hydrogens (tertiary/aromatic N) is 2. The average molecular weight is 779 g/mol. The van der Waals surface area contributed by atoms with Crippen molar-refractivity contribution < 1.29 is 22.1 Å². The molecule has 0 aliphatic rings. The predicted octanol–water partition coefficient (Wildman–Crippen LogP) is 16.5. The van der Waals surface area contributed by atoms with Gasteiger partial charge in [0.15, 0.2) is 0 Å². The van der Waals surface area contributed by atoms with E-state index in [4.69, 9.17) is 3.32 Å². The van der Waals surface area contributed by atoms with Crippen molar-refractivity contribution in [2.24, 2.45) is 0 Å². The van der Waals surface area contributed by atoms with Crippen molar-refractivity contribution in [1.29, 1.82) is 0 Å². The first-order chi connectivity index (χ1) is 24.7. The molecule has 0 amide bonds. The van der Waals surface area contributed by atoms with Gasteiger partial charge in [0, 0.05) is 0 Å². The Hall–Kier alpha value is 0.884.